The van der Waals surface area contributed by atoms with Crippen molar-refractivity contribution in [3.63, 3.8) is 0 Å². The fourth-order valence-electron chi connectivity index (χ4n) is 1.21. The van der Waals surface area contributed by atoms with Crippen molar-refractivity contribution in [2.24, 2.45) is 0 Å². The predicted octanol–water partition coefficient (Wildman–Crippen LogP) is 1.08. The Morgan fingerprint density at radius 3 is 2.94 bits per heavy atom. The first-order valence-corrected chi connectivity index (χ1v) is 5.02. The summed E-state index contributed by atoms with van der Waals surface area (Å²) in [5, 5.41) is 9.72. The zero-order valence-corrected chi connectivity index (χ0v) is 9.34. The van der Waals surface area contributed by atoms with Crippen molar-refractivity contribution in [3.05, 3.63) is 23.9 Å². The van der Waals surface area contributed by atoms with E-state index in [2.05, 4.69) is 4.98 Å². The number of carbonyl (C=O) groups is 1. The van der Waals surface area contributed by atoms with Crippen LogP contribution in [0.1, 0.15) is 25.1 Å². The van der Waals surface area contributed by atoms with E-state index in [9.17, 15) is 9.90 Å². The number of ether oxygens (including phenoxy) is 2. The molecule has 0 aliphatic heterocycles. The summed E-state index contributed by atoms with van der Waals surface area (Å²) in [6, 6.07) is 5.00. The number of carbonyl (C=O) groups excluding carboxylic acids is 1. The number of aromatic nitrogens is 1. The highest BCUT2D eigenvalue weighted by Crippen LogP contribution is 2.17. The molecule has 1 N–H and O–H groups in total. The summed E-state index contributed by atoms with van der Waals surface area (Å²) in [7, 11) is 1.49. The maximum Gasteiger partial charge on any atom is 0.308 e. The number of nitrogens with zero attached hydrogens (tertiary/aromatic N) is 1. The number of rotatable bonds is 5. The normalized spacial score (nSPS) is 11.9. The van der Waals surface area contributed by atoms with Gasteiger partial charge in [-0.15, -0.1) is 0 Å². The van der Waals surface area contributed by atoms with E-state index < -0.39 is 12.1 Å². The summed E-state index contributed by atoms with van der Waals surface area (Å²) in [6.07, 6.45) is -1.07. The maximum atomic E-state index is 11.1. The van der Waals surface area contributed by atoms with E-state index in [-0.39, 0.29) is 6.42 Å². The molecule has 88 valence electrons. The van der Waals surface area contributed by atoms with Gasteiger partial charge in [0, 0.05) is 6.07 Å². The number of aliphatic hydroxyl groups excluding tert-OH is 1. The average molecular weight is 225 g/mol. The van der Waals surface area contributed by atoms with Gasteiger partial charge < -0.3 is 14.6 Å². The summed E-state index contributed by atoms with van der Waals surface area (Å²) in [5.74, 6) is -0.0416. The summed E-state index contributed by atoms with van der Waals surface area (Å²) in [4.78, 5) is 15.2. The van der Waals surface area contributed by atoms with Gasteiger partial charge in [0.2, 0.25) is 5.88 Å². The molecule has 0 spiro atoms. The van der Waals surface area contributed by atoms with Crippen molar-refractivity contribution < 1.29 is 19.4 Å². The molecule has 0 aliphatic rings. The third-order valence-corrected chi connectivity index (χ3v) is 1.96. The van der Waals surface area contributed by atoms with E-state index in [0.29, 0.717) is 18.2 Å². The minimum atomic E-state index is -0.964. The van der Waals surface area contributed by atoms with Gasteiger partial charge in [-0.3, -0.25) is 4.79 Å². The van der Waals surface area contributed by atoms with Crippen molar-refractivity contribution in [2.45, 2.75) is 19.4 Å². The zero-order valence-electron chi connectivity index (χ0n) is 9.34. The molecule has 1 atom stereocenters. The Morgan fingerprint density at radius 2 is 2.31 bits per heavy atom. The number of methoxy groups -OCH3 is 1. The van der Waals surface area contributed by atoms with E-state index in [4.69, 9.17) is 9.47 Å². The lowest BCUT2D eigenvalue weighted by molar-refractivity contribution is -0.145. The molecular formula is C11H15NO4. The second-order valence-corrected chi connectivity index (χ2v) is 3.13. The first kappa shape index (κ1) is 12.4. The van der Waals surface area contributed by atoms with Gasteiger partial charge in [-0.1, -0.05) is 6.07 Å². The standard InChI is InChI=1S/C11H15NO4/c1-3-16-11(14)7-9(13)8-5-4-6-10(12-8)15-2/h4-6,9,13H,3,7H2,1-2H3. The smallest absolute Gasteiger partial charge is 0.308 e. The van der Waals surface area contributed by atoms with Crippen LogP contribution in [0.3, 0.4) is 0 Å². The second kappa shape index (κ2) is 6.07. The van der Waals surface area contributed by atoms with Gasteiger partial charge in [0.25, 0.3) is 0 Å². The van der Waals surface area contributed by atoms with Crippen molar-refractivity contribution in [1.82, 2.24) is 4.98 Å². The number of hydrogen-bond acceptors (Lipinski definition) is 5. The topological polar surface area (TPSA) is 68.7 Å². The molecule has 0 radical (unpaired) electrons. The maximum absolute atomic E-state index is 11.1. The lowest BCUT2D eigenvalue weighted by Gasteiger charge is -2.10. The Kier molecular flexibility index (Phi) is 4.72. The summed E-state index contributed by atoms with van der Waals surface area (Å²) in [6.45, 7) is 2.02. The Bertz CT molecular complexity index is 354. The van der Waals surface area contributed by atoms with Crippen LogP contribution in [0.15, 0.2) is 18.2 Å². The van der Waals surface area contributed by atoms with Crippen LogP contribution in [0.25, 0.3) is 0 Å². The van der Waals surface area contributed by atoms with Crippen LogP contribution < -0.4 is 4.74 Å². The molecule has 5 heteroatoms. The third kappa shape index (κ3) is 3.51. The summed E-state index contributed by atoms with van der Waals surface area (Å²) >= 11 is 0. The fraction of sp³-hybridized carbons (Fsp3) is 0.455. The van der Waals surface area contributed by atoms with Crippen LogP contribution in [-0.4, -0.2) is 29.8 Å². The van der Waals surface area contributed by atoms with Gasteiger partial charge in [-0.2, -0.15) is 0 Å². The van der Waals surface area contributed by atoms with Crippen molar-refractivity contribution in [1.29, 1.82) is 0 Å². The molecular weight excluding hydrogens is 210 g/mol. The van der Waals surface area contributed by atoms with E-state index in [0.717, 1.165) is 0 Å². The number of aliphatic hydroxyl groups is 1. The fourth-order valence-corrected chi connectivity index (χ4v) is 1.21. The first-order valence-electron chi connectivity index (χ1n) is 5.02. The van der Waals surface area contributed by atoms with Crippen molar-refractivity contribution in [2.75, 3.05) is 13.7 Å². The Morgan fingerprint density at radius 1 is 1.56 bits per heavy atom. The van der Waals surface area contributed by atoms with Crippen LogP contribution in [0.2, 0.25) is 0 Å². The summed E-state index contributed by atoms with van der Waals surface area (Å²) < 4.78 is 9.65. The molecule has 0 bridgehead atoms. The number of esters is 1. The van der Waals surface area contributed by atoms with Crippen molar-refractivity contribution in [3.8, 4) is 5.88 Å². The van der Waals surface area contributed by atoms with Crippen LogP contribution in [0, 0.1) is 0 Å². The summed E-state index contributed by atoms with van der Waals surface area (Å²) in [5.41, 5.74) is 0.396. The molecule has 0 saturated carbocycles. The van der Waals surface area contributed by atoms with E-state index in [1.807, 2.05) is 0 Å². The molecule has 1 unspecified atom stereocenters. The van der Waals surface area contributed by atoms with E-state index in [1.165, 1.54) is 7.11 Å². The lowest BCUT2D eigenvalue weighted by atomic mass is 10.2. The third-order valence-electron chi connectivity index (χ3n) is 1.96. The molecule has 1 aromatic rings. The molecule has 1 heterocycles. The Hall–Kier alpha value is -1.62. The SMILES string of the molecule is CCOC(=O)CC(O)c1cccc(OC)n1. The highest BCUT2D eigenvalue weighted by molar-refractivity contribution is 5.70. The number of hydrogen-bond donors (Lipinski definition) is 1. The van der Waals surface area contributed by atoms with Crippen LogP contribution in [-0.2, 0) is 9.53 Å². The molecule has 16 heavy (non-hydrogen) atoms. The average Bonchev–Trinajstić information content (AvgIpc) is 2.29. The highest BCUT2D eigenvalue weighted by Gasteiger charge is 2.15. The zero-order chi connectivity index (χ0) is 12.0. The first-order chi connectivity index (χ1) is 7.67. The van der Waals surface area contributed by atoms with Gasteiger partial charge in [0.15, 0.2) is 0 Å². The quantitative estimate of drug-likeness (QED) is 0.759. The van der Waals surface area contributed by atoms with Crippen LogP contribution in [0.4, 0.5) is 0 Å². The van der Waals surface area contributed by atoms with Gasteiger partial charge in [0.1, 0.15) is 6.10 Å². The molecule has 0 aliphatic carbocycles. The van der Waals surface area contributed by atoms with Gasteiger partial charge in [0.05, 0.1) is 25.8 Å². The Labute approximate surface area is 94.0 Å². The molecule has 0 aromatic carbocycles. The van der Waals surface area contributed by atoms with Gasteiger partial charge in [-0.25, -0.2) is 4.98 Å². The molecule has 0 amide bonds. The monoisotopic (exact) mass is 225 g/mol. The predicted molar refractivity (Wildman–Crippen MR) is 57.0 cm³/mol. The van der Waals surface area contributed by atoms with Crippen LogP contribution >= 0.6 is 0 Å². The van der Waals surface area contributed by atoms with E-state index >= 15 is 0 Å². The number of pyridine rings is 1. The van der Waals surface area contributed by atoms with Gasteiger partial charge in [-0.05, 0) is 13.0 Å². The second-order valence-electron chi connectivity index (χ2n) is 3.13. The van der Waals surface area contributed by atoms with Crippen LogP contribution in [0.5, 0.6) is 5.88 Å². The van der Waals surface area contributed by atoms with Crippen molar-refractivity contribution >= 4 is 5.97 Å². The minimum absolute atomic E-state index is 0.103. The lowest BCUT2D eigenvalue weighted by Crippen LogP contribution is -2.11. The largest absolute Gasteiger partial charge is 0.481 e. The molecule has 1 aromatic heterocycles. The highest BCUT2D eigenvalue weighted by atomic mass is 16.5. The molecule has 1 rings (SSSR count). The molecule has 0 fully saturated rings. The molecule has 0 saturated heterocycles. The Balaban J connectivity index is 2.64. The minimum Gasteiger partial charge on any atom is -0.481 e. The molecule has 5 nitrogen and oxygen atoms in total. The van der Waals surface area contributed by atoms with E-state index in [1.54, 1.807) is 25.1 Å². The van der Waals surface area contributed by atoms with Gasteiger partial charge >= 0.3 is 5.97 Å².